The van der Waals surface area contributed by atoms with Crippen molar-refractivity contribution in [3.63, 3.8) is 0 Å². The predicted octanol–water partition coefficient (Wildman–Crippen LogP) is 4.36. The van der Waals surface area contributed by atoms with E-state index in [-0.39, 0.29) is 11.9 Å². The van der Waals surface area contributed by atoms with Gasteiger partial charge in [-0.3, -0.25) is 14.7 Å². The van der Waals surface area contributed by atoms with Gasteiger partial charge in [-0.25, -0.2) is 0 Å². The number of hydrogen-bond acceptors (Lipinski definition) is 4. The van der Waals surface area contributed by atoms with E-state index in [1.807, 2.05) is 60.8 Å². The molecule has 0 bridgehead atoms. The summed E-state index contributed by atoms with van der Waals surface area (Å²) in [4.78, 5) is 19.3. The van der Waals surface area contributed by atoms with E-state index in [2.05, 4.69) is 21.3 Å². The first-order chi connectivity index (χ1) is 14.2. The molecular formula is C24H25N3O2. The number of benzene rings is 2. The van der Waals surface area contributed by atoms with Gasteiger partial charge in [0.05, 0.1) is 13.2 Å². The summed E-state index contributed by atoms with van der Waals surface area (Å²) in [6, 6.07) is 19.8. The zero-order valence-electron chi connectivity index (χ0n) is 16.5. The number of carbonyl (C=O) groups excluding carboxylic acids is 1. The molecule has 0 spiro atoms. The summed E-state index contributed by atoms with van der Waals surface area (Å²) >= 11 is 0. The minimum Gasteiger partial charge on any atom is -0.497 e. The lowest BCUT2D eigenvalue weighted by molar-refractivity contribution is -0.120. The number of amides is 1. The van der Waals surface area contributed by atoms with Gasteiger partial charge in [0.1, 0.15) is 5.75 Å². The SMILES string of the molecule is COc1cccc(-c2ccc(NC(=O)[C@H]3CCCN3Cc3cccnc3)cc2)c1. The van der Waals surface area contributed by atoms with Crippen LogP contribution in [-0.2, 0) is 11.3 Å². The normalized spacial score (nSPS) is 16.5. The second kappa shape index (κ2) is 8.88. The topological polar surface area (TPSA) is 54.5 Å². The van der Waals surface area contributed by atoms with Gasteiger partial charge in [0.25, 0.3) is 0 Å². The van der Waals surface area contributed by atoms with Crippen LogP contribution in [-0.4, -0.2) is 35.5 Å². The van der Waals surface area contributed by atoms with Crippen molar-refractivity contribution in [1.82, 2.24) is 9.88 Å². The molecule has 1 atom stereocenters. The smallest absolute Gasteiger partial charge is 0.241 e. The van der Waals surface area contributed by atoms with E-state index in [4.69, 9.17) is 4.74 Å². The van der Waals surface area contributed by atoms with E-state index >= 15 is 0 Å². The third kappa shape index (κ3) is 4.63. The predicted molar refractivity (Wildman–Crippen MR) is 115 cm³/mol. The first-order valence-corrected chi connectivity index (χ1v) is 9.91. The third-order valence-corrected chi connectivity index (χ3v) is 5.33. The Labute approximate surface area is 171 Å². The first kappa shape index (κ1) is 19.2. The lowest BCUT2D eigenvalue weighted by atomic mass is 10.0. The number of nitrogens with zero attached hydrogens (tertiary/aromatic N) is 2. The summed E-state index contributed by atoms with van der Waals surface area (Å²) in [5, 5.41) is 3.08. The Hall–Kier alpha value is -3.18. The highest BCUT2D eigenvalue weighted by Crippen LogP contribution is 2.26. The maximum atomic E-state index is 12.9. The molecule has 1 amide bonds. The molecule has 2 aromatic carbocycles. The molecule has 0 saturated carbocycles. The fraction of sp³-hybridized carbons (Fsp3) is 0.250. The Morgan fingerprint density at radius 2 is 2.00 bits per heavy atom. The lowest BCUT2D eigenvalue weighted by Crippen LogP contribution is -2.39. The van der Waals surface area contributed by atoms with Crippen LogP contribution in [0, 0.1) is 0 Å². The molecule has 148 valence electrons. The van der Waals surface area contributed by atoms with Crippen LogP contribution in [0.25, 0.3) is 11.1 Å². The third-order valence-electron chi connectivity index (χ3n) is 5.33. The van der Waals surface area contributed by atoms with Crippen molar-refractivity contribution >= 4 is 11.6 Å². The highest BCUT2D eigenvalue weighted by molar-refractivity contribution is 5.95. The molecule has 1 N–H and O–H groups in total. The fourth-order valence-corrected chi connectivity index (χ4v) is 3.81. The number of pyridine rings is 1. The number of rotatable bonds is 6. The van der Waals surface area contributed by atoms with Gasteiger partial charge in [0.15, 0.2) is 0 Å². The first-order valence-electron chi connectivity index (χ1n) is 9.91. The van der Waals surface area contributed by atoms with Crippen LogP contribution in [0.1, 0.15) is 18.4 Å². The maximum Gasteiger partial charge on any atom is 0.241 e. The van der Waals surface area contributed by atoms with Crippen LogP contribution in [0.5, 0.6) is 5.75 Å². The Morgan fingerprint density at radius 1 is 1.14 bits per heavy atom. The second-order valence-electron chi connectivity index (χ2n) is 7.29. The van der Waals surface area contributed by atoms with E-state index in [9.17, 15) is 4.79 Å². The standard InChI is InChI=1S/C24H25N3O2/c1-29-22-7-2-6-20(15-22)19-9-11-21(12-10-19)26-24(28)23-8-4-14-27(23)17-18-5-3-13-25-16-18/h2-3,5-7,9-13,15-16,23H,4,8,14,17H2,1H3,(H,26,28)/t23-/m1/s1. The number of anilines is 1. The number of aromatic nitrogens is 1. The van der Waals surface area contributed by atoms with Crippen LogP contribution in [0.15, 0.2) is 73.1 Å². The molecule has 1 fully saturated rings. The number of methoxy groups -OCH3 is 1. The van der Waals surface area contributed by atoms with Crippen molar-refractivity contribution in [2.45, 2.75) is 25.4 Å². The Morgan fingerprint density at radius 3 is 2.76 bits per heavy atom. The number of likely N-dealkylation sites (tertiary alicyclic amines) is 1. The van der Waals surface area contributed by atoms with Crippen LogP contribution < -0.4 is 10.1 Å². The highest BCUT2D eigenvalue weighted by atomic mass is 16.5. The average molecular weight is 387 g/mol. The molecule has 1 saturated heterocycles. The Kier molecular flexibility index (Phi) is 5.86. The molecule has 1 aromatic heterocycles. The lowest BCUT2D eigenvalue weighted by Gasteiger charge is -2.23. The Bertz CT molecular complexity index is 957. The molecular weight excluding hydrogens is 362 g/mol. The van der Waals surface area contributed by atoms with Gasteiger partial charge in [0.2, 0.25) is 5.91 Å². The summed E-state index contributed by atoms with van der Waals surface area (Å²) in [5.41, 5.74) is 4.12. The van der Waals surface area contributed by atoms with Gasteiger partial charge in [0, 0.05) is 24.6 Å². The molecule has 1 aliphatic heterocycles. The van der Waals surface area contributed by atoms with Crippen LogP contribution >= 0.6 is 0 Å². The zero-order chi connectivity index (χ0) is 20.1. The van der Waals surface area contributed by atoms with Gasteiger partial charge < -0.3 is 10.1 Å². The molecule has 5 heteroatoms. The molecule has 3 aromatic rings. The van der Waals surface area contributed by atoms with Gasteiger partial charge in [-0.05, 0) is 66.4 Å². The summed E-state index contributed by atoms with van der Waals surface area (Å²) < 4.78 is 5.30. The van der Waals surface area contributed by atoms with E-state index in [0.29, 0.717) is 0 Å². The Balaban J connectivity index is 1.41. The van der Waals surface area contributed by atoms with Crippen LogP contribution in [0.3, 0.4) is 0 Å². The summed E-state index contributed by atoms with van der Waals surface area (Å²) in [6.45, 7) is 1.68. The van der Waals surface area contributed by atoms with Crippen molar-refractivity contribution < 1.29 is 9.53 Å². The van der Waals surface area contributed by atoms with Gasteiger partial charge in [-0.2, -0.15) is 0 Å². The molecule has 5 nitrogen and oxygen atoms in total. The van der Waals surface area contributed by atoms with E-state index in [0.717, 1.165) is 54.1 Å². The number of carbonyl (C=O) groups is 1. The number of ether oxygens (including phenoxy) is 1. The monoisotopic (exact) mass is 387 g/mol. The van der Waals surface area contributed by atoms with E-state index in [1.165, 1.54) is 0 Å². The second-order valence-corrected chi connectivity index (χ2v) is 7.29. The van der Waals surface area contributed by atoms with Crippen molar-refractivity contribution in [3.8, 4) is 16.9 Å². The molecule has 0 aliphatic carbocycles. The van der Waals surface area contributed by atoms with Crippen LogP contribution in [0.2, 0.25) is 0 Å². The van der Waals surface area contributed by atoms with Gasteiger partial charge >= 0.3 is 0 Å². The highest BCUT2D eigenvalue weighted by Gasteiger charge is 2.30. The largest absolute Gasteiger partial charge is 0.497 e. The van der Waals surface area contributed by atoms with Crippen molar-refractivity contribution in [3.05, 3.63) is 78.6 Å². The van der Waals surface area contributed by atoms with Gasteiger partial charge in [-0.15, -0.1) is 0 Å². The van der Waals surface area contributed by atoms with E-state index in [1.54, 1.807) is 13.3 Å². The van der Waals surface area contributed by atoms with E-state index < -0.39 is 0 Å². The molecule has 2 heterocycles. The van der Waals surface area contributed by atoms with Crippen molar-refractivity contribution in [2.24, 2.45) is 0 Å². The summed E-state index contributed by atoms with van der Waals surface area (Å²) in [7, 11) is 1.67. The number of nitrogens with one attached hydrogen (secondary N) is 1. The molecule has 0 unspecified atom stereocenters. The average Bonchev–Trinajstić information content (AvgIpc) is 3.23. The quantitative estimate of drug-likeness (QED) is 0.683. The molecule has 4 rings (SSSR count). The molecule has 29 heavy (non-hydrogen) atoms. The minimum atomic E-state index is -0.103. The molecule has 1 aliphatic rings. The summed E-state index contributed by atoms with van der Waals surface area (Å²) in [6.07, 6.45) is 5.55. The van der Waals surface area contributed by atoms with Crippen molar-refractivity contribution in [1.29, 1.82) is 0 Å². The van der Waals surface area contributed by atoms with Gasteiger partial charge in [-0.1, -0.05) is 30.3 Å². The zero-order valence-corrected chi connectivity index (χ0v) is 16.5. The maximum absolute atomic E-state index is 12.9. The van der Waals surface area contributed by atoms with Crippen molar-refractivity contribution in [2.75, 3.05) is 19.0 Å². The fourth-order valence-electron chi connectivity index (χ4n) is 3.81. The minimum absolute atomic E-state index is 0.0560. The summed E-state index contributed by atoms with van der Waals surface area (Å²) in [5.74, 6) is 0.885. The molecule has 0 radical (unpaired) electrons. The van der Waals surface area contributed by atoms with Crippen LogP contribution in [0.4, 0.5) is 5.69 Å². The number of hydrogen-bond donors (Lipinski definition) is 1.